The lowest BCUT2D eigenvalue weighted by atomic mass is 9.45. The molecule has 4 aliphatic carbocycles. The van der Waals surface area contributed by atoms with Gasteiger partial charge in [-0.05, 0) is 93.9 Å². The Balaban J connectivity index is 1.43. The quantitative estimate of drug-likeness (QED) is 0.564. The van der Waals surface area contributed by atoms with Crippen molar-refractivity contribution < 1.29 is 35.9 Å². The van der Waals surface area contributed by atoms with Crippen molar-refractivity contribution in [2.24, 2.45) is 34.8 Å². The SMILES string of the molecule is CC(C)(NS(=O)(=O)c1ccc(OC(F)(F)F)cc1)C(=O)CC1C2CC3CC1CC(C(N)=O)(C3)C2. The minimum atomic E-state index is -4.89. The Bertz CT molecular complexity index is 1070. The standard InChI is InChI=1S/C23H29F3N2O5S/c1-21(2,28-34(31,32)17-5-3-16(4-6-17)33-23(24,25)26)19(29)9-18-14-7-13-8-15(18)12-22(10-13,11-14)20(27)30/h3-6,13-15,18,28H,7-12H2,1-2H3,(H2,27,30). The number of hydrogen-bond donors (Lipinski definition) is 2. The third kappa shape index (κ3) is 4.82. The molecule has 11 heteroatoms. The Morgan fingerprint density at radius 1 is 1.09 bits per heavy atom. The Labute approximate surface area is 196 Å². The third-order valence-corrected chi connectivity index (χ3v) is 9.54. The molecule has 0 spiro atoms. The molecule has 0 saturated heterocycles. The lowest BCUT2D eigenvalue weighted by molar-refractivity contribution is -0.274. The van der Waals surface area contributed by atoms with Crippen molar-refractivity contribution in [3.63, 3.8) is 0 Å². The monoisotopic (exact) mass is 502 g/mol. The predicted molar refractivity (Wildman–Crippen MR) is 116 cm³/mol. The number of ether oxygens (including phenoxy) is 1. The van der Waals surface area contributed by atoms with Crippen LogP contribution < -0.4 is 15.2 Å². The summed E-state index contributed by atoms with van der Waals surface area (Å²) < 4.78 is 68.8. The van der Waals surface area contributed by atoms with Crippen LogP contribution in [0.3, 0.4) is 0 Å². The zero-order valence-electron chi connectivity index (χ0n) is 19.0. The highest BCUT2D eigenvalue weighted by Gasteiger charge is 2.58. The minimum Gasteiger partial charge on any atom is -0.406 e. The summed E-state index contributed by atoms with van der Waals surface area (Å²) in [6.07, 6.45) is -0.567. The van der Waals surface area contributed by atoms with Crippen LogP contribution in [-0.2, 0) is 19.6 Å². The molecule has 7 nitrogen and oxygen atoms in total. The molecule has 2 atom stereocenters. The number of carbonyl (C=O) groups excluding carboxylic acids is 2. The van der Waals surface area contributed by atoms with Crippen LogP contribution in [0.1, 0.15) is 52.4 Å². The highest BCUT2D eigenvalue weighted by molar-refractivity contribution is 7.89. The van der Waals surface area contributed by atoms with Gasteiger partial charge in [-0.2, -0.15) is 4.72 Å². The van der Waals surface area contributed by atoms with Crippen molar-refractivity contribution in [3.8, 4) is 5.75 Å². The Kier molecular flexibility index (Phi) is 6.04. The van der Waals surface area contributed by atoms with Crippen molar-refractivity contribution in [3.05, 3.63) is 24.3 Å². The number of nitrogens with two attached hydrogens (primary N) is 1. The van der Waals surface area contributed by atoms with Gasteiger partial charge in [0.15, 0.2) is 5.78 Å². The zero-order chi connectivity index (χ0) is 25.1. The van der Waals surface area contributed by atoms with E-state index in [1.165, 1.54) is 13.8 Å². The molecule has 1 amide bonds. The number of benzene rings is 1. The molecule has 4 saturated carbocycles. The average Bonchev–Trinajstić information content (AvgIpc) is 2.68. The van der Waals surface area contributed by atoms with Gasteiger partial charge in [-0.25, -0.2) is 8.42 Å². The molecule has 0 aromatic heterocycles. The highest BCUT2D eigenvalue weighted by Crippen LogP contribution is 2.62. The predicted octanol–water partition coefficient (Wildman–Crippen LogP) is 3.53. The lowest BCUT2D eigenvalue weighted by Crippen LogP contribution is -2.57. The second kappa shape index (κ2) is 8.22. The van der Waals surface area contributed by atoms with Gasteiger partial charge in [-0.3, -0.25) is 9.59 Å². The fraction of sp³-hybridized carbons (Fsp3) is 0.652. The fourth-order valence-corrected chi connectivity index (χ4v) is 7.90. The van der Waals surface area contributed by atoms with E-state index >= 15 is 0 Å². The largest absolute Gasteiger partial charge is 0.573 e. The van der Waals surface area contributed by atoms with Gasteiger partial charge in [0.2, 0.25) is 15.9 Å². The number of sulfonamides is 1. The summed E-state index contributed by atoms with van der Waals surface area (Å²) in [5.74, 6) is -0.0913. The normalized spacial score (nSPS) is 30.9. The van der Waals surface area contributed by atoms with Gasteiger partial charge in [0.1, 0.15) is 5.75 Å². The van der Waals surface area contributed by atoms with Crippen LogP contribution >= 0.6 is 0 Å². The van der Waals surface area contributed by atoms with Crippen LogP contribution in [0.4, 0.5) is 13.2 Å². The second-order valence-corrected chi connectivity index (χ2v) is 12.3. The van der Waals surface area contributed by atoms with E-state index < -0.39 is 33.1 Å². The zero-order valence-corrected chi connectivity index (χ0v) is 19.8. The number of Topliss-reactive ketones (excluding diaryl/α,β-unsaturated/α-hetero) is 1. The van der Waals surface area contributed by atoms with E-state index in [1.807, 2.05) is 0 Å². The summed E-state index contributed by atoms with van der Waals surface area (Å²) in [6, 6.07) is 3.79. The number of carbonyl (C=O) groups is 2. The first-order valence-electron chi connectivity index (χ1n) is 11.3. The maximum absolute atomic E-state index is 13.2. The Morgan fingerprint density at radius 3 is 2.15 bits per heavy atom. The van der Waals surface area contributed by atoms with Crippen molar-refractivity contribution in [1.82, 2.24) is 4.72 Å². The van der Waals surface area contributed by atoms with Gasteiger partial charge in [-0.15, -0.1) is 13.2 Å². The molecule has 34 heavy (non-hydrogen) atoms. The first kappa shape index (κ1) is 25.0. The van der Waals surface area contributed by atoms with Crippen LogP contribution in [0, 0.1) is 29.1 Å². The number of ketones is 1. The molecule has 0 radical (unpaired) electrons. The molecule has 5 rings (SSSR count). The van der Waals surface area contributed by atoms with E-state index in [0.29, 0.717) is 18.8 Å². The average molecular weight is 503 g/mol. The maximum atomic E-state index is 13.2. The van der Waals surface area contributed by atoms with Crippen LogP contribution in [0.25, 0.3) is 0 Å². The number of nitrogens with one attached hydrogen (secondary N) is 1. The van der Waals surface area contributed by atoms with Crippen molar-refractivity contribution >= 4 is 21.7 Å². The number of halogens is 3. The molecule has 4 aliphatic rings. The van der Waals surface area contributed by atoms with Crippen LogP contribution in [0.2, 0.25) is 0 Å². The number of hydrogen-bond acceptors (Lipinski definition) is 5. The molecule has 0 heterocycles. The van der Waals surface area contributed by atoms with Gasteiger partial charge in [-0.1, -0.05) is 0 Å². The number of amides is 1. The first-order chi connectivity index (χ1) is 15.6. The van der Waals surface area contributed by atoms with Crippen molar-refractivity contribution in [2.75, 3.05) is 0 Å². The third-order valence-electron chi connectivity index (χ3n) is 7.87. The summed E-state index contributed by atoms with van der Waals surface area (Å²) in [6.45, 7) is 2.96. The molecule has 3 N–H and O–H groups in total. The van der Waals surface area contributed by atoms with Crippen LogP contribution in [0.15, 0.2) is 29.2 Å². The Morgan fingerprint density at radius 2 is 1.65 bits per heavy atom. The van der Waals surface area contributed by atoms with Crippen molar-refractivity contribution in [2.45, 2.75) is 69.2 Å². The van der Waals surface area contributed by atoms with Crippen LogP contribution in [-0.4, -0.2) is 32.0 Å². The second-order valence-electron chi connectivity index (χ2n) is 10.7. The van der Waals surface area contributed by atoms with E-state index in [1.54, 1.807) is 0 Å². The summed E-state index contributed by atoms with van der Waals surface area (Å²) in [5.41, 5.74) is 3.84. The van der Waals surface area contributed by atoms with E-state index in [4.69, 9.17) is 5.73 Å². The maximum Gasteiger partial charge on any atom is 0.573 e. The molecule has 1 aromatic carbocycles. The molecule has 2 unspecified atom stereocenters. The van der Waals surface area contributed by atoms with E-state index in [9.17, 15) is 31.2 Å². The number of rotatable bonds is 8. The summed E-state index contributed by atoms with van der Waals surface area (Å²) in [5, 5.41) is 0. The van der Waals surface area contributed by atoms with E-state index in [2.05, 4.69) is 9.46 Å². The molecule has 1 aromatic rings. The fourth-order valence-electron chi connectivity index (χ4n) is 6.51. The highest BCUT2D eigenvalue weighted by atomic mass is 32.2. The van der Waals surface area contributed by atoms with Gasteiger partial charge >= 0.3 is 6.36 Å². The number of primary amides is 1. The summed E-state index contributed by atoms with van der Waals surface area (Å²) in [7, 11) is -4.17. The van der Waals surface area contributed by atoms with E-state index in [-0.39, 0.29) is 40.8 Å². The summed E-state index contributed by atoms with van der Waals surface area (Å²) in [4.78, 5) is 25.1. The molecule has 4 bridgehead atoms. The van der Waals surface area contributed by atoms with Gasteiger partial charge in [0, 0.05) is 11.8 Å². The summed E-state index contributed by atoms with van der Waals surface area (Å²) >= 11 is 0. The number of alkyl halides is 3. The molecule has 188 valence electrons. The topological polar surface area (TPSA) is 116 Å². The lowest BCUT2D eigenvalue weighted by Gasteiger charge is -2.59. The van der Waals surface area contributed by atoms with Gasteiger partial charge in [0.05, 0.1) is 10.4 Å². The molecular formula is C23H29F3N2O5S. The van der Waals surface area contributed by atoms with Gasteiger partial charge in [0.25, 0.3) is 0 Å². The molecule has 0 aliphatic heterocycles. The Hall–Kier alpha value is -2.14. The van der Waals surface area contributed by atoms with Gasteiger partial charge < -0.3 is 10.5 Å². The smallest absolute Gasteiger partial charge is 0.406 e. The van der Waals surface area contributed by atoms with Crippen LogP contribution in [0.5, 0.6) is 5.75 Å². The van der Waals surface area contributed by atoms with Crippen molar-refractivity contribution in [1.29, 1.82) is 0 Å². The first-order valence-corrected chi connectivity index (χ1v) is 12.8. The minimum absolute atomic E-state index is 0.0825. The molecule has 4 fully saturated rings. The van der Waals surface area contributed by atoms with E-state index in [0.717, 1.165) is 43.5 Å². The molecular weight excluding hydrogens is 473 g/mol.